The van der Waals surface area contributed by atoms with Crippen LogP contribution in [0.15, 0.2) is 71.6 Å². The van der Waals surface area contributed by atoms with Gasteiger partial charge in [-0.2, -0.15) is 0 Å². The van der Waals surface area contributed by atoms with Crippen molar-refractivity contribution in [1.82, 2.24) is 10.2 Å². The van der Waals surface area contributed by atoms with Gasteiger partial charge in [0.15, 0.2) is 0 Å². The highest BCUT2D eigenvalue weighted by Gasteiger charge is 2.33. The van der Waals surface area contributed by atoms with E-state index in [9.17, 15) is 18.0 Å². The molecule has 0 spiro atoms. The van der Waals surface area contributed by atoms with Crippen LogP contribution in [-0.4, -0.2) is 43.8 Å². The molecule has 7 nitrogen and oxygen atoms in total. The van der Waals surface area contributed by atoms with Gasteiger partial charge in [-0.1, -0.05) is 66.6 Å². The van der Waals surface area contributed by atoms with Crippen LogP contribution in [0.5, 0.6) is 0 Å². The Balaban J connectivity index is 2.08. The number of carbonyl (C=O) groups is 2. The Morgan fingerprint density at radius 3 is 2.20 bits per heavy atom. The zero-order chi connectivity index (χ0) is 29.6. The van der Waals surface area contributed by atoms with Crippen LogP contribution in [0.25, 0.3) is 0 Å². The Morgan fingerprint density at radius 2 is 1.57 bits per heavy atom. The molecule has 2 amide bonds. The van der Waals surface area contributed by atoms with Crippen LogP contribution < -0.4 is 9.62 Å². The molecule has 0 unspecified atom stereocenters. The molecule has 0 aliphatic rings. The zero-order valence-electron chi connectivity index (χ0n) is 23.9. The highest BCUT2D eigenvalue weighted by molar-refractivity contribution is 7.92. The SMILES string of the molecule is CC[C@@H](C)NC(=O)[C@@H](C)N(Cc1ccccc1C)C(=O)CN(c1cccc(Cl)c1C)S(=O)(=O)c1ccc(C)cc1. The molecule has 0 heterocycles. The average Bonchev–Trinajstić information content (AvgIpc) is 2.92. The van der Waals surface area contributed by atoms with Gasteiger partial charge in [0.1, 0.15) is 12.6 Å². The van der Waals surface area contributed by atoms with Crippen molar-refractivity contribution in [3.63, 3.8) is 0 Å². The number of amides is 2. The minimum absolute atomic E-state index is 0.0540. The lowest BCUT2D eigenvalue weighted by Gasteiger charge is -2.33. The molecule has 0 aliphatic carbocycles. The van der Waals surface area contributed by atoms with Crippen molar-refractivity contribution >= 4 is 39.1 Å². The Morgan fingerprint density at radius 1 is 0.925 bits per heavy atom. The van der Waals surface area contributed by atoms with Crippen LogP contribution in [0, 0.1) is 20.8 Å². The maximum absolute atomic E-state index is 14.1. The van der Waals surface area contributed by atoms with Crippen LogP contribution in [0.4, 0.5) is 5.69 Å². The van der Waals surface area contributed by atoms with Crippen LogP contribution >= 0.6 is 11.6 Å². The number of hydrogen-bond acceptors (Lipinski definition) is 4. The standard InChI is InChI=1S/C31H38ClN3O4S/c1-7-23(4)33-31(37)25(6)34(19-26-12-9-8-11-22(26)3)30(36)20-35(29-14-10-13-28(32)24(29)5)40(38,39)27-17-15-21(2)16-18-27/h8-18,23,25H,7,19-20H2,1-6H3,(H,33,37)/t23-,25-/m1/s1. The predicted molar refractivity (Wildman–Crippen MR) is 161 cm³/mol. The average molecular weight is 584 g/mol. The van der Waals surface area contributed by atoms with E-state index < -0.39 is 28.5 Å². The summed E-state index contributed by atoms with van der Waals surface area (Å²) in [5.74, 6) is -0.812. The van der Waals surface area contributed by atoms with E-state index >= 15 is 0 Å². The number of rotatable bonds is 11. The first-order valence-electron chi connectivity index (χ1n) is 13.4. The van der Waals surface area contributed by atoms with Gasteiger partial charge in [0.25, 0.3) is 10.0 Å². The van der Waals surface area contributed by atoms with E-state index in [1.54, 1.807) is 44.2 Å². The summed E-state index contributed by atoms with van der Waals surface area (Å²) in [6.07, 6.45) is 0.737. The summed E-state index contributed by atoms with van der Waals surface area (Å²) in [5.41, 5.74) is 3.57. The molecule has 9 heteroatoms. The molecule has 214 valence electrons. The monoisotopic (exact) mass is 583 g/mol. The fourth-order valence-electron chi connectivity index (χ4n) is 4.24. The van der Waals surface area contributed by atoms with Crippen molar-refractivity contribution in [2.45, 2.75) is 71.5 Å². The molecule has 0 radical (unpaired) electrons. The summed E-state index contributed by atoms with van der Waals surface area (Å²) < 4.78 is 29.1. The van der Waals surface area contributed by atoms with Crippen LogP contribution in [0.1, 0.15) is 49.4 Å². The molecule has 3 aromatic carbocycles. The van der Waals surface area contributed by atoms with Crippen molar-refractivity contribution < 1.29 is 18.0 Å². The fourth-order valence-corrected chi connectivity index (χ4v) is 5.88. The Bertz CT molecular complexity index is 1460. The number of hydrogen-bond donors (Lipinski definition) is 1. The van der Waals surface area contributed by atoms with Crippen LogP contribution in [0.3, 0.4) is 0 Å². The first kappa shape index (κ1) is 31.2. The number of carbonyl (C=O) groups excluding carboxylic acids is 2. The summed E-state index contributed by atoms with van der Waals surface area (Å²) in [5, 5.41) is 3.33. The predicted octanol–water partition coefficient (Wildman–Crippen LogP) is 5.79. The van der Waals surface area contributed by atoms with Crippen LogP contribution in [0.2, 0.25) is 5.02 Å². The number of halogens is 1. The minimum Gasteiger partial charge on any atom is -0.352 e. The summed E-state index contributed by atoms with van der Waals surface area (Å²) in [7, 11) is -4.16. The second kappa shape index (κ2) is 13.3. The van der Waals surface area contributed by atoms with E-state index in [-0.39, 0.29) is 23.4 Å². The molecule has 0 bridgehead atoms. The first-order chi connectivity index (χ1) is 18.9. The molecule has 3 aromatic rings. The van der Waals surface area contributed by atoms with Crippen molar-refractivity contribution in [3.8, 4) is 0 Å². The van der Waals surface area contributed by atoms with Crippen molar-refractivity contribution in [2.75, 3.05) is 10.8 Å². The molecule has 0 saturated carbocycles. The molecule has 0 aliphatic heterocycles. The lowest BCUT2D eigenvalue weighted by Crippen LogP contribution is -2.52. The maximum atomic E-state index is 14.1. The zero-order valence-corrected chi connectivity index (χ0v) is 25.5. The fraction of sp³-hybridized carbons (Fsp3) is 0.355. The number of sulfonamides is 1. The number of benzene rings is 3. The largest absolute Gasteiger partial charge is 0.352 e. The Hall–Kier alpha value is -3.36. The number of anilines is 1. The van der Waals surface area contributed by atoms with Crippen molar-refractivity contribution in [3.05, 3.63) is 94.0 Å². The third kappa shape index (κ3) is 7.23. The third-order valence-electron chi connectivity index (χ3n) is 7.17. The van der Waals surface area contributed by atoms with E-state index in [2.05, 4.69) is 5.32 Å². The van der Waals surface area contributed by atoms with E-state index in [0.717, 1.165) is 27.4 Å². The summed E-state index contributed by atoms with van der Waals surface area (Å²) in [6, 6.07) is 18.1. The van der Waals surface area contributed by atoms with Gasteiger partial charge in [-0.25, -0.2) is 8.42 Å². The van der Waals surface area contributed by atoms with E-state index in [4.69, 9.17) is 11.6 Å². The topological polar surface area (TPSA) is 86.8 Å². The number of aryl methyl sites for hydroxylation is 2. The van der Waals surface area contributed by atoms with E-state index in [0.29, 0.717) is 16.3 Å². The maximum Gasteiger partial charge on any atom is 0.264 e. The normalized spacial score (nSPS) is 12.9. The van der Waals surface area contributed by atoms with Gasteiger partial charge in [-0.05, 0) is 82.0 Å². The van der Waals surface area contributed by atoms with E-state index in [1.165, 1.54) is 17.0 Å². The van der Waals surface area contributed by atoms with Gasteiger partial charge in [0.2, 0.25) is 11.8 Å². The first-order valence-corrected chi connectivity index (χ1v) is 15.2. The highest BCUT2D eigenvalue weighted by atomic mass is 35.5. The van der Waals surface area contributed by atoms with Crippen LogP contribution in [-0.2, 0) is 26.2 Å². The lowest BCUT2D eigenvalue weighted by molar-refractivity contribution is -0.139. The molecule has 3 rings (SSSR count). The molecule has 0 saturated heterocycles. The number of nitrogens with zero attached hydrogens (tertiary/aromatic N) is 2. The van der Waals surface area contributed by atoms with Gasteiger partial charge in [0, 0.05) is 17.6 Å². The molecular weight excluding hydrogens is 546 g/mol. The highest BCUT2D eigenvalue weighted by Crippen LogP contribution is 2.31. The minimum atomic E-state index is -4.16. The molecule has 1 N–H and O–H groups in total. The van der Waals surface area contributed by atoms with Crippen molar-refractivity contribution in [2.24, 2.45) is 0 Å². The van der Waals surface area contributed by atoms with Gasteiger partial charge < -0.3 is 10.2 Å². The molecule has 2 atom stereocenters. The summed E-state index contributed by atoms with van der Waals surface area (Å²) in [6.45, 7) is 10.7. The smallest absolute Gasteiger partial charge is 0.264 e. The van der Waals surface area contributed by atoms with Gasteiger partial charge in [0.05, 0.1) is 10.6 Å². The second-order valence-electron chi connectivity index (χ2n) is 10.2. The molecular formula is C31H38ClN3O4S. The van der Waals surface area contributed by atoms with Crippen molar-refractivity contribution in [1.29, 1.82) is 0 Å². The van der Waals surface area contributed by atoms with E-state index in [1.807, 2.05) is 52.0 Å². The summed E-state index contributed by atoms with van der Waals surface area (Å²) >= 11 is 6.38. The third-order valence-corrected chi connectivity index (χ3v) is 9.35. The molecule has 40 heavy (non-hydrogen) atoms. The molecule has 0 fully saturated rings. The Kier molecular flexibility index (Phi) is 10.4. The van der Waals surface area contributed by atoms with Gasteiger partial charge in [-0.15, -0.1) is 0 Å². The van der Waals surface area contributed by atoms with Gasteiger partial charge in [-0.3, -0.25) is 13.9 Å². The lowest BCUT2D eigenvalue weighted by atomic mass is 10.1. The number of nitrogens with one attached hydrogen (secondary N) is 1. The summed E-state index contributed by atoms with van der Waals surface area (Å²) in [4.78, 5) is 28.8. The second-order valence-corrected chi connectivity index (χ2v) is 12.4. The quantitative estimate of drug-likeness (QED) is 0.309. The Labute approximate surface area is 243 Å². The molecule has 0 aromatic heterocycles. The van der Waals surface area contributed by atoms with Gasteiger partial charge >= 0.3 is 0 Å².